The van der Waals surface area contributed by atoms with Crippen LogP contribution in [0.3, 0.4) is 0 Å². The van der Waals surface area contributed by atoms with Crippen LogP contribution < -0.4 is 9.64 Å². The first kappa shape index (κ1) is 23.4. The van der Waals surface area contributed by atoms with Gasteiger partial charge in [-0.15, -0.1) is 0 Å². The zero-order valence-electron chi connectivity index (χ0n) is 20.3. The number of benzene rings is 2. The summed E-state index contributed by atoms with van der Waals surface area (Å²) in [7, 11) is 1.60. The van der Waals surface area contributed by atoms with E-state index < -0.39 is 0 Å². The molecule has 2 aliphatic rings. The number of hydrogen-bond acceptors (Lipinski definition) is 6. The fraction of sp³-hybridized carbons (Fsp3) is 0.429. The van der Waals surface area contributed by atoms with Gasteiger partial charge in [0.1, 0.15) is 11.4 Å². The van der Waals surface area contributed by atoms with Crippen LogP contribution >= 0.6 is 0 Å². The highest BCUT2D eigenvalue weighted by molar-refractivity contribution is 5.97. The fourth-order valence-electron chi connectivity index (χ4n) is 5.05. The molecule has 1 atom stereocenters. The minimum atomic E-state index is -0.0808. The summed E-state index contributed by atoms with van der Waals surface area (Å²) in [6, 6.07) is 17.4. The third-order valence-electron chi connectivity index (χ3n) is 6.88. The lowest BCUT2D eigenvalue weighted by Crippen LogP contribution is -2.38. The van der Waals surface area contributed by atoms with E-state index in [-0.39, 0.29) is 12.0 Å². The number of aromatic nitrogens is 1. The van der Waals surface area contributed by atoms with E-state index in [4.69, 9.17) is 14.0 Å². The predicted octanol–water partition coefficient (Wildman–Crippen LogP) is 5.16. The molecule has 1 aromatic heterocycles. The van der Waals surface area contributed by atoms with Crippen LogP contribution in [0.2, 0.25) is 0 Å². The number of carbonyl (C=O) groups excluding carboxylic acids is 1. The van der Waals surface area contributed by atoms with Crippen molar-refractivity contribution < 1.29 is 18.8 Å². The maximum atomic E-state index is 13.9. The van der Waals surface area contributed by atoms with E-state index in [9.17, 15) is 4.79 Å². The molecule has 0 unspecified atom stereocenters. The Kier molecular flexibility index (Phi) is 7.33. The number of hydrogen-bond donors (Lipinski definition) is 0. The summed E-state index contributed by atoms with van der Waals surface area (Å²) in [5.41, 5.74) is 3.26. The number of ether oxygens (including phenoxy) is 2. The normalized spacial score (nSPS) is 18.0. The molecule has 35 heavy (non-hydrogen) atoms. The number of para-hydroxylation sites is 1. The van der Waals surface area contributed by atoms with Crippen molar-refractivity contribution in [2.75, 3.05) is 38.3 Å². The van der Waals surface area contributed by atoms with Crippen molar-refractivity contribution in [1.82, 2.24) is 10.1 Å². The Morgan fingerprint density at radius 3 is 2.57 bits per heavy atom. The average molecular weight is 476 g/mol. The number of rotatable bonds is 8. The molecule has 1 amide bonds. The van der Waals surface area contributed by atoms with Gasteiger partial charge in [0.15, 0.2) is 0 Å². The van der Waals surface area contributed by atoms with Crippen LogP contribution in [-0.4, -0.2) is 55.4 Å². The van der Waals surface area contributed by atoms with Crippen molar-refractivity contribution in [3.05, 3.63) is 65.7 Å². The number of amides is 1. The smallest absolute Gasteiger partial charge is 0.258 e. The largest absolute Gasteiger partial charge is 0.496 e. The number of piperidine rings is 1. The third-order valence-corrected chi connectivity index (χ3v) is 6.88. The summed E-state index contributed by atoms with van der Waals surface area (Å²) in [4.78, 5) is 18.0. The van der Waals surface area contributed by atoms with Gasteiger partial charge in [0.05, 0.1) is 30.9 Å². The monoisotopic (exact) mass is 475 g/mol. The number of carbonyl (C=O) groups is 1. The van der Waals surface area contributed by atoms with Gasteiger partial charge in [-0.05, 0) is 44.2 Å². The van der Waals surface area contributed by atoms with Crippen molar-refractivity contribution in [1.29, 1.82) is 0 Å². The molecule has 3 aromatic rings. The highest BCUT2D eigenvalue weighted by Gasteiger charge is 2.30. The van der Waals surface area contributed by atoms with E-state index in [1.165, 1.54) is 6.42 Å². The van der Waals surface area contributed by atoms with Gasteiger partial charge in [0.2, 0.25) is 5.88 Å². The molecule has 5 rings (SSSR count). The van der Waals surface area contributed by atoms with Crippen LogP contribution in [0.5, 0.6) is 5.75 Å². The van der Waals surface area contributed by atoms with E-state index in [0.29, 0.717) is 24.4 Å². The first-order chi connectivity index (χ1) is 17.2. The second-order valence-electron chi connectivity index (χ2n) is 9.25. The number of methoxy groups -OCH3 is 1. The summed E-state index contributed by atoms with van der Waals surface area (Å²) < 4.78 is 17.4. The zero-order chi connectivity index (χ0) is 24.0. The minimum Gasteiger partial charge on any atom is -0.496 e. The van der Waals surface area contributed by atoms with Crippen LogP contribution in [0.1, 0.15) is 48.0 Å². The molecule has 7 nitrogen and oxygen atoms in total. The van der Waals surface area contributed by atoms with Crippen molar-refractivity contribution in [3.8, 4) is 17.0 Å². The minimum absolute atomic E-state index is 0.0205. The Morgan fingerprint density at radius 1 is 1.06 bits per heavy atom. The summed E-state index contributed by atoms with van der Waals surface area (Å²) in [6.45, 7) is 3.50. The van der Waals surface area contributed by atoms with Gasteiger partial charge >= 0.3 is 0 Å². The van der Waals surface area contributed by atoms with Crippen molar-refractivity contribution in [3.63, 3.8) is 0 Å². The molecule has 3 heterocycles. The van der Waals surface area contributed by atoms with Gasteiger partial charge in [-0.3, -0.25) is 4.79 Å². The molecule has 0 bridgehead atoms. The molecule has 0 radical (unpaired) electrons. The maximum absolute atomic E-state index is 13.9. The van der Waals surface area contributed by atoms with E-state index in [1.807, 2.05) is 59.5 Å². The first-order valence-corrected chi connectivity index (χ1v) is 12.6. The van der Waals surface area contributed by atoms with Gasteiger partial charge in [-0.2, -0.15) is 0 Å². The van der Waals surface area contributed by atoms with Gasteiger partial charge in [0, 0.05) is 31.8 Å². The molecule has 0 spiro atoms. The van der Waals surface area contributed by atoms with E-state index in [2.05, 4.69) is 10.1 Å². The summed E-state index contributed by atoms with van der Waals surface area (Å²) in [6.07, 6.45) is 5.46. The quantitative estimate of drug-likeness (QED) is 0.448. The lowest BCUT2D eigenvalue weighted by molar-refractivity contribution is 0.0505. The molecule has 0 N–H and O–H groups in total. The molecule has 184 valence electrons. The van der Waals surface area contributed by atoms with Gasteiger partial charge in [-0.25, -0.2) is 0 Å². The summed E-state index contributed by atoms with van der Waals surface area (Å²) >= 11 is 0. The van der Waals surface area contributed by atoms with Crippen LogP contribution in [-0.2, 0) is 11.3 Å². The molecule has 0 saturated carbocycles. The summed E-state index contributed by atoms with van der Waals surface area (Å²) in [5.74, 6) is 1.26. The third kappa shape index (κ3) is 5.20. The van der Waals surface area contributed by atoms with Crippen molar-refractivity contribution >= 4 is 11.8 Å². The van der Waals surface area contributed by atoms with Crippen LogP contribution in [0.4, 0.5) is 5.88 Å². The fourth-order valence-corrected chi connectivity index (χ4v) is 5.05. The lowest BCUT2D eigenvalue weighted by Gasteiger charge is -2.29. The van der Waals surface area contributed by atoms with Gasteiger partial charge in [-0.1, -0.05) is 47.6 Å². The Labute approximate surface area is 206 Å². The topological polar surface area (TPSA) is 68.0 Å². The Balaban J connectivity index is 1.53. The summed E-state index contributed by atoms with van der Waals surface area (Å²) in [5, 5.41) is 4.50. The first-order valence-electron chi connectivity index (χ1n) is 12.6. The highest BCUT2D eigenvalue weighted by atomic mass is 16.5. The van der Waals surface area contributed by atoms with Crippen LogP contribution in [0, 0.1) is 0 Å². The van der Waals surface area contributed by atoms with E-state index in [0.717, 1.165) is 68.1 Å². The predicted molar refractivity (Wildman–Crippen MR) is 135 cm³/mol. The molecule has 0 aliphatic carbocycles. The molecule has 7 heteroatoms. The zero-order valence-corrected chi connectivity index (χ0v) is 20.3. The SMILES string of the molecule is COc1ccccc1C(=O)N(Cc1c(-c2ccccc2)noc1N1CCCCC1)C[C@@H]1CCCO1. The number of nitrogens with zero attached hydrogens (tertiary/aromatic N) is 3. The van der Waals surface area contributed by atoms with E-state index in [1.54, 1.807) is 7.11 Å². The second-order valence-corrected chi connectivity index (χ2v) is 9.25. The lowest BCUT2D eigenvalue weighted by atomic mass is 10.0. The number of anilines is 1. The highest BCUT2D eigenvalue weighted by Crippen LogP contribution is 2.35. The van der Waals surface area contributed by atoms with Gasteiger partial charge < -0.3 is 23.8 Å². The molecule has 2 saturated heterocycles. The van der Waals surface area contributed by atoms with Crippen LogP contribution in [0.15, 0.2) is 59.1 Å². The second kappa shape index (κ2) is 11.0. The molecule has 2 aliphatic heterocycles. The molecular weight excluding hydrogens is 442 g/mol. The van der Waals surface area contributed by atoms with Crippen LogP contribution in [0.25, 0.3) is 11.3 Å². The average Bonchev–Trinajstić information content (AvgIpc) is 3.59. The molecule has 2 aromatic carbocycles. The Hall–Kier alpha value is -3.32. The van der Waals surface area contributed by atoms with Gasteiger partial charge in [0.25, 0.3) is 5.91 Å². The molecular formula is C28H33N3O4. The van der Waals surface area contributed by atoms with Crippen molar-refractivity contribution in [2.45, 2.75) is 44.8 Å². The molecule has 2 fully saturated rings. The maximum Gasteiger partial charge on any atom is 0.258 e. The van der Waals surface area contributed by atoms with Crippen molar-refractivity contribution in [2.24, 2.45) is 0 Å². The Bertz CT molecular complexity index is 1120. The Morgan fingerprint density at radius 2 is 1.83 bits per heavy atom. The standard InChI is InChI=1S/C28H33N3O4/c1-33-25-15-7-6-14-23(25)27(32)31(19-22-13-10-18-34-22)20-24-26(21-11-4-2-5-12-21)29-35-28(24)30-16-8-3-9-17-30/h2,4-7,11-12,14-15,22H,3,8-10,13,16-20H2,1H3/t22-/m0/s1. The van der Waals surface area contributed by atoms with E-state index >= 15 is 0 Å².